The normalized spacial score (nSPS) is 21.1. The van der Waals surface area contributed by atoms with Crippen LogP contribution in [0.3, 0.4) is 0 Å². The zero-order valence-corrected chi connectivity index (χ0v) is 17.4. The molecule has 4 heteroatoms. The molecule has 0 aliphatic carbocycles. The third kappa shape index (κ3) is 3.93. The standard InChI is InChI=1S/C26H28N2O2/c1-26(17-20-12-13-23-24(16-20)30-19-29-23)18-28(15-14-27-26)25(21-8-4-2-5-9-21)22-10-6-3-7-11-22/h2-13,16,25,27H,14-15,17-19H2,1H3. The third-order valence-electron chi connectivity index (χ3n) is 6.13. The van der Waals surface area contributed by atoms with E-state index in [1.807, 2.05) is 6.07 Å². The molecule has 1 N–H and O–H groups in total. The van der Waals surface area contributed by atoms with Gasteiger partial charge in [0.1, 0.15) is 0 Å². The molecule has 1 unspecified atom stereocenters. The fourth-order valence-corrected chi connectivity index (χ4v) is 4.81. The molecule has 1 fully saturated rings. The highest BCUT2D eigenvalue weighted by atomic mass is 16.7. The van der Waals surface area contributed by atoms with Crippen LogP contribution in [0.1, 0.15) is 29.7 Å². The lowest BCUT2D eigenvalue weighted by Crippen LogP contribution is -2.60. The number of benzene rings is 3. The molecule has 0 radical (unpaired) electrons. The van der Waals surface area contributed by atoms with Crippen LogP contribution >= 0.6 is 0 Å². The smallest absolute Gasteiger partial charge is 0.231 e. The van der Waals surface area contributed by atoms with Gasteiger partial charge in [0, 0.05) is 25.2 Å². The minimum Gasteiger partial charge on any atom is -0.454 e. The second-order valence-corrected chi connectivity index (χ2v) is 8.55. The molecule has 2 aliphatic heterocycles. The lowest BCUT2D eigenvalue weighted by molar-refractivity contribution is 0.115. The van der Waals surface area contributed by atoms with Gasteiger partial charge in [-0.3, -0.25) is 4.90 Å². The summed E-state index contributed by atoms with van der Waals surface area (Å²) in [6.07, 6.45) is 0.941. The molecular weight excluding hydrogens is 372 g/mol. The molecule has 3 aromatic carbocycles. The molecule has 3 aromatic rings. The van der Waals surface area contributed by atoms with Crippen molar-refractivity contribution in [2.45, 2.75) is 24.9 Å². The molecule has 30 heavy (non-hydrogen) atoms. The van der Waals surface area contributed by atoms with E-state index >= 15 is 0 Å². The molecule has 5 rings (SSSR count). The van der Waals surface area contributed by atoms with Crippen molar-refractivity contribution in [2.24, 2.45) is 0 Å². The Labute approximate surface area is 178 Å². The zero-order chi connectivity index (χ0) is 20.4. The fourth-order valence-electron chi connectivity index (χ4n) is 4.81. The van der Waals surface area contributed by atoms with Crippen molar-refractivity contribution in [3.8, 4) is 11.5 Å². The SMILES string of the molecule is CC1(Cc2ccc3c(c2)OCO3)CN(C(c2ccccc2)c2ccccc2)CCN1. The lowest BCUT2D eigenvalue weighted by Gasteiger charge is -2.45. The highest BCUT2D eigenvalue weighted by molar-refractivity contribution is 5.45. The summed E-state index contributed by atoms with van der Waals surface area (Å²) < 4.78 is 11.1. The van der Waals surface area contributed by atoms with Crippen LogP contribution in [0, 0.1) is 0 Å². The number of ether oxygens (including phenoxy) is 2. The topological polar surface area (TPSA) is 33.7 Å². The van der Waals surface area contributed by atoms with Crippen LogP contribution in [-0.4, -0.2) is 36.9 Å². The lowest BCUT2D eigenvalue weighted by atomic mass is 9.88. The van der Waals surface area contributed by atoms with Gasteiger partial charge in [-0.1, -0.05) is 66.7 Å². The molecule has 0 aromatic heterocycles. The Kier molecular flexibility index (Phi) is 5.19. The number of rotatable bonds is 5. The maximum atomic E-state index is 5.58. The summed E-state index contributed by atoms with van der Waals surface area (Å²) >= 11 is 0. The Balaban J connectivity index is 1.41. The van der Waals surface area contributed by atoms with Gasteiger partial charge < -0.3 is 14.8 Å². The first-order chi connectivity index (χ1) is 14.7. The van der Waals surface area contributed by atoms with E-state index in [0.717, 1.165) is 37.6 Å². The van der Waals surface area contributed by atoms with Crippen molar-refractivity contribution in [3.05, 3.63) is 95.6 Å². The van der Waals surface area contributed by atoms with E-state index in [0.29, 0.717) is 6.79 Å². The van der Waals surface area contributed by atoms with Gasteiger partial charge in [-0.05, 0) is 42.2 Å². The Hall–Kier alpha value is -2.82. The number of nitrogens with one attached hydrogen (secondary N) is 1. The summed E-state index contributed by atoms with van der Waals surface area (Å²) in [5.74, 6) is 1.70. The van der Waals surface area contributed by atoms with Gasteiger partial charge in [-0.25, -0.2) is 0 Å². The number of hydrogen-bond acceptors (Lipinski definition) is 4. The summed E-state index contributed by atoms with van der Waals surface area (Å²) in [4.78, 5) is 2.62. The average Bonchev–Trinajstić information content (AvgIpc) is 3.23. The van der Waals surface area contributed by atoms with E-state index in [-0.39, 0.29) is 11.6 Å². The van der Waals surface area contributed by atoms with Crippen molar-refractivity contribution in [2.75, 3.05) is 26.4 Å². The number of hydrogen-bond donors (Lipinski definition) is 1. The van der Waals surface area contributed by atoms with Crippen molar-refractivity contribution >= 4 is 0 Å². The third-order valence-corrected chi connectivity index (χ3v) is 6.13. The molecule has 1 atom stereocenters. The molecule has 0 spiro atoms. The first-order valence-corrected chi connectivity index (χ1v) is 10.7. The van der Waals surface area contributed by atoms with E-state index in [2.05, 4.69) is 89.9 Å². The second-order valence-electron chi connectivity index (χ2n) is 8.55. The van der Waals surface area contributed by atoms with Gasteiger partial charge in [0.2, 0.25) is 6.79 Å². The Morgan fingerprint density at radius 2 is 1.57 bits per heavy atom. The van der Waals surface area contributed by atoms with Crippen LogP contribution in [0.5, 0.6) is 11.5 Å². The Morgan fingerprint density at radius 3 is 2.27 bits per heavy atom. The van der Waals surface area contributed by atoms with Crippen LogP contribution in [0.4, 0.5) is 0 Å². The van der Waals surface area contributed by atoms with Gasteiger partial charge in [0.15, 0.2) is 11.5 Å². The largest absolute Gasteiger partial charge is 0.454 e. The van der Waals surface area contributed by atoms with E-state index in [9.17, 15) is 0 Å². The molecule has 1 saturated heterocycles. The van der Waals surface area contributed by atoms with Crippen molar-refractivity contribution in [3.63, 3.8) is 0 Å². The van der Waals surface area contributed by atoms with E-state index < -0.39 is 0 Å². The maximum absolute atomic E-state index is 5.58. The zero-order valence-electron chi connectivity index (χ0n) is 17.4. The Bertz CT molecular complexity index is 953. The fraction of sp³-hybridized carbons (Fsp3) is 0.308. The van der Waals surface area contributed by atoms with Crippen molar-refractivity contribution < 1.29 is 9.47 Å². The minimum absolute atomic E-state index is 0.0201. The van der Waals surface area contributed by atoms with Crippen molar-refractivity contribution in [1.29, 1.82) is 0 Å². The first-order valence-electron chi connectivity index (χ1n) is 10.7. The number of piperazine rings is 1. The van der Waals surface area contributed by atoms with Gasteiger partial charge in [-0.15, -0.1) is 0 Å². The minimum atomic E-state index is -0.0201. The first kappa shape index (κ1) is 19.2. The highest BCUT2D eigenvalue weighted by Crippen LogP contribution is 2.35. The molecular formula is C26H28N2O2. The van der Waals surface area contributed by atoms with Crippen LogP contribution in [0.15, 0.2) is 78.9 Å². The molecule has 4 nitrogen and oxygen atoms in total. The highest BCUT2D eigenvalue weighted by Gasteiger charge is 2.35. The summed E-state index contributed by atoms with van der Waals surface area (Å²) in [6.45, 7) is 5.60. The Morgan fingerprint density at radius 1 is 0.900 bits per heavy atom. The van der Waals surface area contributed by atoms with Gasteiger partial charge in [0.05, 0.1) is 6.04 Å². The summed E-state index contributed by atoms with van der Waals surface area (Å²) in [5, 5.41) is 3.79. The van der Waals surface area contributed by atoms with Crippen LogP contribution < -0.4 is 14.8 Å². The van der Waals surface area contributed by atoms with E-state index in [1.54, 1.807) is 0 Å². The van der Waals surface area contributed by atoms with Crippen LogP contribution in [0.2, 0.25) is 0 Å². The molecule has 0 bridgehead atoms. The summed E-state index contributed by atoms with van der Waals surface area (Å²) in [6, 6.07) is 28.3. The number of nitrogens with zero attached hydrogens (tertiary/aromatic N) is 1. The van der Waals surface area contributed by atoms with Gasteiger partial charge in [-0.2, -0.15) is 0 Å². The summed E-state index contributed by atoms with van der Waals surface area (Å²) in [5.41, 5.74) is 3.94. The average molecular weight is 401 g/mol. The van der Waals surface area contributed by atoms with Gasteiger partial charge in [0.25, 0.3) is 0 Å². The molecule has 0 saturated carbocycles. The van der Waals surface area contributed by atoms with Crippen LogP contribution in [-0.2, 0) is 6.42 Å². The molecule has 0 amide bonds. The monoisotopic (exact) mass is 400 g/mol. The van der Waals surface area contributed by atoms with Crippen molar-refractivity contribution in [1.82, 2.24) is 10.2 Å². The summed E-state index contributed by atoms with van der Waals surface area (Å²) in [7, 11) is 0. The van der Waals surface area contributed by atoms with E-state index in [4.69, 9.17) is 9.47 Å². The molecule has 154 valence electrons. The van der Waals surface area contributed by atoms with E-state index in [1.165, 1.54) is 16.7 Å². The molecule has 2 aliphatic rings. The second kappa shape index (κ2) is 8.13. The number of fused-ring (bicyclic) bond motifs is 1. The maximum Gasteiger partial charge on any atom is 0.231 e. The predicted molar refractivity (Wildman–Crippen MR) is 119 cm³/mol. The molecule has 2 heterocycles. The quantitative estimate of drug-likeness (QED) is 0.688. The predicted octanol–water partition coefficient (Wildman–Crippen LogP) is 4.41. The van der Waals surface area contributed by atoms with Gasteiger partial charge >= 0.3 is 0 Å². The van der Waals surface area contributed by atoms with Crippen LogP contribution in [0.25, 0.3) is 0 Å².